The molecule has 4 heteroatoms. The number of hydrogen-bond donors (Lipinski definition) is 1. The second-order valence-electron chi connectivity index (χ2n) is 5.84. The van der Waals surface area contributed by atoms with Crippen molar-refractivity contribution in [3.63, 3.8) is 0 Å². The Kier molecular flexibility index (Phi) is 6.00. The molecule has 2 rings (SSSR count). The summed E-state index contributed by atoms with van der Waals surface area (Å²) in [6.45, 7) is 4.99. The van der Waals surface area contributed by atoms with Crippen LogP contribution in [0.25, 0.3) is 0 Å². The van der Waals surface area contributed by atoms with Crippen LogP contribution in [-0.2, 0) is 0 Å². The summed E-state index contributed by atoms with van der Waals surface area (Å²) in [7, 11) is 1.49. The van der Waals surface area contributed by atoms with Crippen molar-refractivity contribution in [2.24, 2.45) is 5.73 Å². The molecule has 0 spiro atoms. The Balaban J connectivity index is 2.22. The summed E-state index contributed by atoms with van der Waals surface area (Å²) in [5.74, 6) is 0.187. The first kappa shape index (κ1) is 16.2. The van der Waals surface area contributed by atoms with Crippen molar-refractivity contribution in [2.45, 2.75) is 44.6 Å². The fraction of sp³-hybridized carbons (Fsp3) is 0.647. The molecule has 118 valence electrons. The molecule has 1 aliphatic heterocycles. The highest BCUT2D eigenvalue weighted by Gasteiger charge is 2.30. The van der Waals surface area contributed by atoms with Crippen molar-refractivity contribution in [3.05, 3.63) is 29.6 Å². The third kappa shape index (κ3) is 3.74. The van der Waals surface area contributed by atoms with E-state index in [-0.39, 0.29) is 11.7 Å². The second kappa shape index (κ2) is 7.76. The first-order chi connectivity index (χ1) is 10.2. The van der Waals surface area contributed by atoms with Gasteiger partial charge in [0.15, 0.2) is 11.6 Å². The van der Waals surface area contributed by atoms with E-state index in [0.29, 0.717) is 18.3 Å². The predicted octanol–water partition coefficient (Wildman–Crippen LogP) is 3.14. The van der Waals surface area contributed by atoms with Gasteiger partial charge in [-0.3, -0.25) is 4.90 Å². The number of benzene rings is 1. The van der Waals surface area contributed by atoms with Crippen molar-refractivity contribution >= 4 is 0 Å². The summed E-state index contributed by atoms with van der Waals surface area (Å²) in [6, 6.07) is 5.68. The lowest BCUT2D eigenvalue weighted by Crippen LogP contribution is -2.45. The summed E-state index contributed by atoms with van der Waals surface area (Å²) in [5, 5.41) is 0. The predicted molar refractivity (Wildman–Crippen MR) is 84.3 cm³/mol. The molecule has 2 atom stereocenters. The zero-order chi connectivity index (χ0) is 15.2. The standard InChI is InChI=1S/C17H27FN2O/c1-3-9-20-10-5-4-6-16(20)14(12-19)13-7-8-17(21-2)15(18)11-13/h7-8,11,14,16H,3-6,9-10,12,19H2,1-2H3. The molecule has 1 aliphatic rings. The van der Waals surface area contributed by atoms with Crippen LogP contribution in [0.2, 0.25) is 0 Å². The highest BCUT2D eigenvalue weighted by molar-refractivity contribution is 5.32. The van der Waals surface area contributed by atoms with Crippen molar-refractivity contribution < 1.29 is 9.13 Å². The van der Waals surface area contributed by atoms with Gasteiger partial charge in [-0.1, -0.05) is 19.4 Å². The van der Waals surface area contributed by atoms with Crippen LogP contribution in [-0.4, -0.2) is 37.7 Å². The third-order valence-electron chi connectivity index (χ3n) is 4.50. The van der Waals surface area contributed by atoms with Gasteiger partial charge in [0, 0.05) is 18.5 Å². The van der Waals surface area contributed by atoms with Crippen molar-refractivity contribution in [2.75, 3.05) is 26.7 Å². The number of hydrogen-bond acceptors (Lipinski definition) is 3. The Bertz CT molecular complexity index is 450. The lowest BCUT2D eigenvalue weighted by molar-refractivity contribution is 0.127. The molecule has 1 saturated heterocycles. The number of nitrogens with zero attached hydrogens (tertiary/aromatic N) is 1. The number of piperidine rings is 1. The van der Waals surface area contributed by atoms with Crippen LogP contribution in [0.5, 0.6) is 5.75 Å². The smallest absolute Gasteiger partial charge is 0.165 e. The number of ether oxygens (including phenoxy) is 1. The highest BCUT2D eigenvalue weighted by atomic mass is 19.1. The maximum Gasteiger partial charge on any atom is 0.165 e. The molecular weight excluding hydrogens is 267 g/mol. The molecule has 1 aromatic carbocycles. The summed E-state index contributed by atoms with van der Waals surface area (Å²) in [4.78, 5) is 2.53. The van der Waals surface area contributed by atoms with Crippen molar-refractivity contribution in [3.8, 4) is 5.75 Å². The van der Waals surface area contributed by atoms with Gasteiger partial charge in [-0.25, -0.2) is 4.39 Å². The van der Waals surface area contributed by atoms with E-state index in [1.54, 1.807) is 12.1 Å². The van der Waals surface area contributed by atoms with Gasteiger partial charge in [-0.2, -0.15) is 0 Å². The van der Waals surface area contributed by atoms with E-state index in [2.05, 4.69) is 11.8 Å². The zero-order valence-electron chi connectivity index (χ0n) is 13.1. The number of methoxy groups -OCH3 is 1. The monoisotopic (exact) mass is 294 g/mol. The molecule has 1 fully saturated rings. The summed E-state index contributed by atoms with van der Waals surface area (Å²) in [5.41, 5.74) is 7.02. The average molecular weight is 294 g/mol. The van der Waals surface area contributed by atoms with Crippen LogP contribution >= 0.6 is 0 Å². The van der Waals surface area contributed by atoms with Crippen LogP contribution in [0.3, 0.4) is 0 Å². The molecule has 0 aliphatic carbocycles. The molecule has 0 bridgehead atoms. The van der Waals surface area contributed by atoms with Gasteiger partial charge in [0.25, 0.3) is 0 Å². The minimum atomic E-state index is -0.300. The molecule has 2 N–H and O–H groups in total. The quantitative estimate of drug-likeness (QED) is 0.876. The minimum absolute atomic E-state index is 0.192. The molecule has 0 aromatic heterocycles. The molecule has 0 radical (unpaired) electrons. The van der Waals surface area contributed by atoms with Gasteiger partial charge in [-0.15, -0.1) is 0 Å². The molecular formula is C17H27FN2O. The molecule has 0 saturated carbocycles. The first-order valence-corrected chi connectivity index (χ1v) is 7.98. The van der Waals surface area contributed by atoms with Gasteiger partial charge in [0.1, 0.15) is 0 Å². The molecule has 3 nitrogen and oxygen atoms in total. The topological polar surface area (TPSA) is 38.5 Å². The van der Waals surface area contributed by atoms with E-state index in [9.17, 15) is 4.39 Å². The van der Waals surface area contributed by atoms with E-state index in [1.165, 1.54) is 20.0 Å². The van der Waals surface area contributed by atoms with E-state index < -0.39 is 0 Å². The Hall–Kier alpha value is -1.13. The van der Waals surface area contributed by atoms with Gasteiger partial charge in [0.05, 0.1) is 7.11 Å². The van der Waals surface area contributed by atoms with E-state index in [0.717, 1.165) is 31.5 Å². The average Bonchev–Trinajstić information content (AvgIpc) is 2.50. The van der Waals surface area contributed by atoms with Crippen LogP contribution < -0.4 is 10.5 Å². The van der Waals surface area contributed by atoms with Crippen LogP contribution in [0.4, 0.5) is 4.39 Å². The summed E-state index contributed by atoms with van der Waals surface area (Å²) >= 11 is 0. The first-order valence-electron chi connectivity index (χ1n) is 7.98. The lowest BCUT2D eigenvalue weighted by atomic mass is 9.85. The zero-order valence-corrected chi connectivity index (χ0v) is 13.1. The second-order valence-corrected chi connectivity index (χ2v) is 5.84. The highest BCUT2D eigenvalue weighted by Crippen LogP contribution is 2.32. The normalized spacial score (nSPS) is 21.2. The Labute approximate surface area is 127 Å². The number of rotatable bonds is 6. The van der Waals surface area contributed by atoms with Crippen molar-refractivity contribution in [1.29, 1.82) is 0 Å². The number of nitrogens with two attached hydrogens (primary N) is 1. The van der Waals surface area contributed by atoms with Crippen LogP contribution in [0.15, 0.2) is 18.2 Å². The minimum Gasteiger partial charge on any atom is -0.494 e. The van der Waals surface area contributed by atoms with Gasteiger partial charge >= 0.3 is 0 Å². The van der Waals surface area contributed by atoms with E-state index in [1.807, 2.05) is 6.07 Å². The third-order valence-corrected chi connectivity index (χ3v) is 4.50. The molecule has 21 heavy (non-hydrogen) atoms. The van der Waals surface area contributed by atoms with E-state index >= 15 is 0 Å². The maximum absolute atomic E-state index is 14.0. The van der Waals surface area contributed by atoms with Crippen LogP contribution in [0, 0.1) is 5.82 Å². The number of halogens is 1. The van der Waals surface area contributed by atoms with E-state index in [4.69, 9.17) is 10.5 Å². The largest absolute Gasteiger partial charge is 0.494 e. The fourth-order valence-corrected chi connectivity index (χ4v) is 3.47. The lowest BCUT2D eigenvalue weighted by Gasteiger charge is -2.40. The molecule has 1 heterocycles. The molecule has 2 unspecified atom stereocenters. The molecule has 0 amide bonds. The maximum atomic E-state index is 14.0. The Morgan fingerprint density at radius 3 is 2.86 bits per heavy atom. The number of likely N-dealkylation sites (tertiary alicyclic amines) is 1. The van der Waals surface area contributed by atoms with Gasteiger partial charge in [-0.05, 0) is 50.0 Å². The Morgan fingerprint density at radius 1 is 1.43 bits per heavy atom. The fourth-order valence-electron chi connectivity index (χ4n) is 3.47. The summed E-state index contributed by atoms with van der Waals surface area (Å²) in [6.07, 6.45) is 4.78. The SMILES string of the molecule is CCCN1CCCCC1C(CN)c1ccc(OC)c(F)c1. The van der Waals surface area contributed by atoms with Crippen LogP contribution in [0.1, 0.15) is 44.1 Å². The Morgan fingerprint density at radius 2 is 2.24 bits per heavy atom. The van der Waals surface area contributed by atoms with Crippen molar-refractivity contribution in [1.82, 2.24) is 4.90 Å². The van der Waals surface area contributed by atoms with Gasteiger partial charge in [0.2, 0.25) is 0 Å². The van der Waals surface area contributed by atoms with Gasteiger partial charge < -0.3 is 10.5 Å². The summed E-state index contributed by atoms with van der Waals surface area (Å²) < 4.78 is 19.0. The molecule has 1 aromatic rings.